The van der Waals surface area contributed by atoms with E-state index in [0.717, 1.165) is 12.1 Å². The number of amides is 1. The third kappa shape index (κ3) is 3.56. The van der Waals surface area contributed by atoms with Crippen LogP contribution in [0, 0.1) is 5.82 Å². The molecule has 0 aliphatic rings. The molecular formula is C13H16FNO3. The second kappa shape index (κ2) is 6.76. The summed E-state index contributed by atoms with van der Waals surface area (Å²) < 4.78 is 17.7. The molecule has 1 rings (SSSR count). The zero-order valence-electron chi connectivity index (χ0n) is 10.2. The van der Waals surface area contributed by atoms with Crippen LogP contribution in [-0.4, -0.2) is 42.7 Å². The van der Waals surface area contributed by atoms with E-state index in [-0.39, 0.29) is 17.2 Å². The molecule has 18 heavy (non-hydrogen) atoms. The van der Waals surface area contributed by atoms with Gasteiger partial charge in [-0.15, -0.1) is 6.58 Å². The largest absolute Gasteiger partial charge is 0.507 e. The van der Waals surface area contributed by atoms with Crippen LogP contribution in [0.2, 0.25) is 0 Å². The molecule has 0 bridgehead atoms. The van der Waals surface area contributed by atoms with Gasteiger partial charge in [0.05, 0.1) is 12.2 Å². The summed E-state index contributed by atoms with van der Waals surface area (Å²) in [7, 11) is 1.53. The van der Waals surface area contributed by atoms with E-state index in [1.165, 1.54) is 18.1 Å². The summed E-state index contributed by atoms with van der Waals surface area (Å²) in [5, 5.41) is 9.56. The quantitative estimate of drug-likeness (QED) is 0.786. The number of nitrogens with zero attached hydrogens (tertiary/aromatic N) is 1. The first kappa shape index (κ1) is 14.2. The maximum Gasteiger partial charge on any atom is 0.257 e. The van der Waals surface area contributed by atoms with Gasteiger partial charge in [0.25, 0.3) is 5.91 Å². The topological polar surface area (TPSA) is 49.8 Å². The molecule has 0 unspecified atom stereocenters. The molecule has 5 heteroatoms. The highest BCUT2D eigenvalue weighted by Crippen LogP contribution is 2.19. The standard InChI is InChI=1S/C13H16FNO3/c1-3-6-15(7-8-18-2)13(17)11-5-4-10(14)9-12(11)16/h3-5,9,16H,1,6-8H2,2H3. The molecule has 0 fully saturated rings. The molecule has 1 aromatic rings. The zero-order chi connectivity index (χ0) is 13.5. The first-order chi connectivity index (χ1) is 8.60. The van der Waals surface area contributed by atoms with Crippen molar-refractivity contribution >= 4 is 5.91 Å². The van der Waals surface area contributed by atoms with Gasteiger partial charge in [-0.1, -0.05) is 6.08 Å². The summed E-state index contributed by atoms with van der Waals surface area (Å²) in [5.41, 5.74) is 0.0642. The van der Waals surface area contributed by atoms with Crippen LogP contribution in [0.4, 0.5) is 4.39 Å². The highest BCUT2D eigenvalue weighted by atomic mass is 19.1. The van der Waals surface area contributed by atoms with Crippen molar-refractivity contribution in [2.24, 2.45) is 0 Å². The van der Waals surface area contributed by atoms with Crippen molar-refractivity contribution < 1.29 is 19.0 Å². The molecule has 1 aromatic carbocycles. The van der Waals surface area contributed by atoms with Gasteiger partial charge in [-0.3, -0.25) is 4.79 Å². The Morgan fingerprint density at radius 1 is 1.61 bits per heavy atom. The van der Waals surface area contributed by atoms with Gasteiger partial charge in [0.2, 0.25) is 0 Å². The normalized spacial score (nSPS) is 10.1. The lowest BCUT2D eigenvalue weighted by Crippen LogP contribution is -2.34. The molecule has 0 saturated heterocycles. The van der Waals surface area contributed by atoms with Gasteiger partial charge in [-0.25, -0.2) is 4.39 Å². The van der Waals surface area contributed by atoms with Gasteiger partial charge in [-0.2, -0.15) is 0 Å². The van der Waals surface area contributed by atoms with E-state index in [0.29, 0.717) is 19.7 Å². The Morgan fingerprint density at radius 3 is 2.89 bits per heavy atom. The SMILES string of the molecule is C=CCN(CCOC)C(=O)c1ccc(F)cc1O. The molecule has 0 heterocycles. The number of phenols is 1. The Labute approximate surface area is 105 Å². The number of aromatic hydroxyl groups is 1. The molecule has 0 saturated carbocycles. The van der Waals surface area contributed by atoms with Crippen molar-refractivity contribution in [1.29, 1.82) is 0 Å². The first-order valence-corrected chi connectivity index (χ1v) is 5.47. The molecule has 4 nitrogen and oxygen atoms in total. The maximum absolute atomic E-state index is 12.8. The van der Waals surface area contributed by atoms with Crippen LogP contribution < -0.4 is 0 Å². The number of rotatable bonds is 6. The van der Waals surface area contributed by atoms with Gasteiger partial charge >= 0.3 is 0 Å². The molecule has 0 spiro atoms. The molecule has 98 valence electrons. The van der Waals surface area contributed by atoms with Crippen LogP contribution in [0.3, 0.4) is 0 Å². The molecular weight excluding hydrogens is 237 g/mol. The van der Waals surface area contributed by atoms with Crippen LogP contribution in [0.25, 0.3) is 0 Å². The number of phenolic OH excluding ortho intramolecular Hbond substituents is 1. The van der Waals surface area contributed by atoms with E-state index < -0.39 is 5.82 Å². The van der Waals surface area contributed by atoms with Crippen LogP contribution >= 0.6 is 0 Å². The third-order valence-electron chi connectivity index (χ3n) is 2.39. The number of hydrogen-bond donors (Lipinski definition) is 1. The fraction of sp³-hybridized carbons (Fsp3) is 0.308. The van der Waals surface area contributed by atoms with Gasteiger partial charge < -0.3 is 14.7 Å². The van der Waals surface area contributed by atoms with Gasteiger partial charge in [0, 0.05) is 26.3 Å². The minimum absolute atomic E-state index is 0.0642. The van der Waals surface area contributed by atoms with E-state index in [2.05, 4.69) is 6.58 Å². The fourth-order valence-electron chi connectivity index (χ4n) is 1.49. The molecule has 0 radical (unpaired) electrons. The predicted octanol–water partition coefficient (Wildman–Crippen LogP) is 1.81. The predicted molar refractivity (Wildman–Crippen MR) is 66.0 cm³/mol. The molecule has 0 aliphatic heterocycles. The summed E-state index contributed by atoms with van der Waals surface area (Å²) in [6.45, 7) is 4.65. The lowest BCUT2D eigenvalue weighted by molar-refractivity contribution is 0.0715. The van der Waals surface area contributed by atoms with Crippen LogP contribution in [-0.2, 0) is 4.74 Å². The number of benzene rings is 1. The summed E-state index contributed by atoms with van der Waals surface area (Å²) in [6.07, 6.45) is 1.58. The number of ether oxygens (including phenoxy) is 1. The number of halogens is 1. The highest BCUT2D eigenvalue weighted by molar-refractivity contribution is 5.96. The van der Waals surface area contributed by atoms with Crippen molar-refractivity contribution in [2.75, 3.05) is 26.8 Å². The smallest absolute Gasteiger partial charge is 0.257 e. The van der Waals surface area contributed by atoms with Crippen molar-refractivity contribution in [3.8, 4) is 5.75 Å². The Bertz CT molecular complexity index is 434. The van der Waals surface area contributed by atoms with E-state index in [9.17, 15) is 14.3 Å². The fourth-order valence-corrected chi connectivity index (χ4v) is 1.49. The van der Waals surface area contributed by atoms with E-state index in [4.69, 9.17) is 4.74 Å². The second-order valence-electron chi connectivity index (χ2n) is 3.69. The van der Waals surface area contributed by atoms with Crippen molar-refractivity contribution in [1.82, 2.24) is 4.90 Å². The monoisotopic (exact) mass is 253 g/mol. The summed E-state index contributed by atoms with van der Waals surface area (Å²) in [4.78, 5) is 13.6. The zero-order valence-corrected chi connectivity index (χ0v) is 10.2. The Kier molecular flexibility index (Phi) is 5.32. The molecule has 0 atom stereocenters. The van der Waals surface area contributed by atoms with Crippen LogP contribution in [0.5, 0.6) is 5.75 Å². The van der Waals surface area contributed by atoms with E-state index in [1.54, 1.807) is 6.08 Å². The summed E-state index contributed by atoms with van der Waals surface area (Å²) in [6, 6.07) is 3.31. The van der Waals surface area contributed by atoms with Crippen LogP contribution in [0.15, 0.2) is 30.9 Å². The molecule has 1 N–H and O–H groups in total. The summed E-state index contributed by atoms with van der Waals surface area (Å²) in [5.74, 6) is -1.34. The van der Waals surface area contributed by atoms with Crippen molar-refractivity contribution in [2.45, 2.75) is 0 Å². The second-order valence-corrected chi connectivity index (χ2v) is 3.69. The number of hydrogen-bond acceptors (Lipinski definition) is 3. The number of methoxy groups -OCH3 is 1. The summed E-state index contributed by atoms with van der Waals surface area (Å²) >= 11 is 0. The van der Waals surface area contributed by atoms with Crippen molar-refractivity contribution in [3.05, 3.63) is 42.2 Å². The Balaban J connectivity index is 2.90. The Hall–Kier alpha value is -1.88. The molecule has 0 aromatic heterocycles. The lowest BCUT2D eigenvalue weighted by atomic mass is 10.1. The molecule has 1 amide bonds. The lowest BCUT2D eigenvalue weighted by Gasteiger charge is -2.21. The maximum atomic E-state index is 12.8. The Morgan fingerprint density at radius 2 is 2.33 bits per heavy atom. The number of carbonyl (C=O) groups excluding carboxylic acids is 1. The van der Waals surface area contributed by atoms with Crippen molar-refractivity contribution in [3.63, 3.8) is 0 Å². The average Bonchev–Trinajstić information content (AvgIpc) is 2.33. The van der Waals surface area contributed by atoms with E-state index in [1.807, 2.05) is 0 Å². The number of carbonyl (C=O) groups is 1. The van der Waals surface area contributed by atoms with Crippen LogP contribution in [0.1, 0.15) is 10.4 Å². The molecule has 0 aliphatic carbocycles. The van der Waals surface area contributed by atoms with Gasteiger partial charge in [-0.05, 0) is 12.1 Å². The van der Waals surface area contributed by atoms with Gasteiger partial charge in [0.1, 0.15) is 11.6 Å². The highest BCUT2D eigenvalue weighted by Gasteiger charge is 2.18. The van der Waals surface area contributed by atoms with E-state index >= 15 is 0 Å². The minimum Gasteiger partial charge on any atom is -0.507 e. The third-order valence-corrected chi connectivity index (χ3v) is 2.39. The average molecular weight is 253 g/mol. The first-order valence-electron chi connectivity index (χ1n) is 5.47. The minimum atomic E-state index is -0.587. The van der Waals surface area contributed by atoms with Gasteiger partial charge in [0.15, 0.2) is 0 Å².